The van der Waals surface area contributed by atoms with Crippen molar-refractivity contribution >= 4 is 29.3 Å². The molecule has 0 saturated heterocycles. The van der Waals surface area contributed by atoms with E-state index in [0.717, 1.165) is 24.7 Å². The van der Waals surface area contributed by atoms with Crippen LogP contribution in [0.3, 0.4) is 0 Å². The number of nitrogen functional groups attached to an aromatic ring is 1. The molecule has 0 radical (unpaired) electrons. The molecule has 1 heterocycles. The minimum Gasteiger partial charge on any atom is -0.370 e. The van der Waals surface area contributed by atoms with E-state index in [1.807, 2.05) is 24.8 Å². The van der Waals surface area contributed by atoms with Crippen molar-refractivity contribution in [1.29, 1.82) is 0 Å². The molecule has 1 saturated carbocycles. The van der Waals surface area contributed by atoms with E-state index in [-0.39, 0.29) is 0 Å². The standard InChI is InChI=1S/C11H19N5S/c1-3-13-8-6-9(16-10(12)15-8)14-7-11(17-2)4-5-11/h6H,3-5,7H2,1-2H3,(H4,12,13,14,15,16). The van der Waals surface area contributed by atoms with Gasteiger partial charge in [-0.05, 0) is 26.0 Å². The molecule has 0 spiro atoms. The van der Waals surface area contributed by atoms with Crippen LogP contribution in [0.4, 0.5) is 17.6 Å². The number of hydrogen-bond donors (Lipinski definition) is 3. The van der Waals surface area contributed by atoms with E-state index >= 15 is 0 Å². The summed E-state index contributed by atoms with van der Waals surface area (Å²) < 4.78 is 0.415. The summed E-state index contributed by atoms with van der Waals surface area (Å²) in [6.07, 6.45) is 4.72. The fraction of sp³-hybridized carbons (Fsp3) is 0.636. The van der Waals surface area contributed by atoms with Crippen molar-refractivity contribution in [3.63, 3.8) is 0 Å². The van der Waals surface area contributed by atoms with Crippen molar-refractivity contribution in [2.75, 3.05) is 35.7 Å². The molecule has 1 aliphatic rings. The average Bonchev–Trinajstić information content (AvgIpc) is 3.07. The van der Waals surface area contributed by atoms with Crippen LogP contribution in [0.2, 0.25) is 0 Å². The van der Waals surface area contributed by atoms with E-state index in [4.69, 9.17) is 5.73 Å². The second-order valence-electron chi connectivity index (χ2n) is 4.27. The van der Waals surface area contributed by atoms with Gasteiger partial charge in [0.1, 0.15) is 11.6 Å². The van der Waals surface area contributed by atoms with Gasteiger partial charge in [0.2, 0.25) is 5.95 Å². The van der Waals surface area contributed by atoms with Crippen LogP contribution >= 0.6 is 11.8 Å². The number of nitrogens with two attached hydrogens (primary N) is 1. The van der Waals surface area contributed by atoms with Crippen molar-refractivity contribution in [2.45, 2.75) is 24.5 Å². The largest absolute Gasteiger partial charge is 0.370 e. The summed E-state index contributed by atoms with van der Waals surface area (Å²) in [5.74, 6) is 1.88. The molecule has 1 aromatic heterocycles. The van der Waals surface area contributed by atoms with Gasteiger partial charge in [0.05, 0.1) is 0 Å². The lowest BCUT2D eigenvalue weighted by Gasteiger charge is -2.14. The molecule has 5 nitrogen and oxygen atoms in total. The summed E-state index contributed by atoms with van der Waals surface area (Å²) in [5, 5.41) is 6.49. The van der Waals surface area contributed by atoms with Crippen molar-refractivity contribution in [1.82, 2.24) is 9.97 Å². The molecule has 0 bridgehead atoms. The van der Waals surface area contributed by atoms with Gasteiger partial charge in [0.25, 0.3) is 0 Å². The molecule has 2 rings (SSSR count). The first-order valence-corrected chi connectivity index (χ1v) is 7.07. The van der Waals surface area contributed by atoms with Crippen molar-refractivity contribution in [3.8, 4) is 0 Å². The van der Waals surface area contributed by atoms with E-state index in [1.165, 1.54) is 12.8 Å². The van der Waals surface area contributed by atoms with Gasteiger partial charge in [0, 0.05) is 23.9 Å². The summed E-state index contributed by atoms with van der Waals surface area (Å²) in [7, 11) is 0. The smallest absolute Gasteiger partial charge is 0.223 e. The van der Waals surface area contributed by atoms with E-state index < -0.39 is 0 Å². The minimum atomic E-state index is 0.306. The number of anilines is 3. The Hall–Kier alpha value is -1.17. The molecule has 1 aliphatic carbocycles. The zero-order valence-corrected chi connectivity index (χ0v) is 11.1. The Balaban J connectivity index is 2.00. The van der Waals surface area contributed by atoms with Crippen molar-refractivity contribution in [3.05, 3.63) is 6.07 Å². The third-order valence-electron chi connectivity index (χ3n) is 2.93. The number of aromatic nitrogens is 2. The molecule has 17 heavy (non-hydrogen) atoms. The predicted octanol–water partition coefficient (Wildman–Crippen LogP) is 1.80. The molecule has 6 heteroatoms. The van der Waals surface area contributed by atoms with Gasteiger partial charge < -0.3 is 16.4 Å². The van der Waals surface area contributed by atoms with E-state index in [1.54, 1.807) is 0 Å². The molecule has 0 unspecified atom stereocenters. The zero-order valence-electron chi connectivity index (χ0n) is 10.3. The van der Waals surface area contributed by atoms with Crippen LogP contribution < -0.4 is 16.4 Å². The average molecular weight is 253 g/mol. The van der Waals surface area contributed by atoms with Crippen LogP contribution in [0.25, 0.3) is 0 Å². The lowest BCUT2D eigenvalue weighted by molar-refractivity contribution is 0.938. The first-order chi connectivity index (χ1) is 8.17. The highest BCUT2D eigenvalue weighted by Crippen LogP contribution is 2.46. The van der Waals surface area contributed by atoms with Crippen molar-refractivity contribution < 1.29 is 0 Å². The molecule has 94 valence electrons. The number of rotatable bonds is 6. The molecular formula is C11H19N5S. The van der Waals surface area contributed by atoms with Gasteiger partial charge in [-0.1, -0.05) is 0 Å². The fourth-order valence-corrected chi connectivity index (χ4v) is 2.40. The summed E-state index contributed by atoms with van der Waals surface area (Å²) in [6.45, 7) is 3.79. The van der Waals surface area contributed by atoms with Crippen LogP contribution in [0.5, 0.6) is 0 Å². The van der Waals surface area contributed by atoms with Crippen LogP contribution in [0, 0.1) is 0 Å². The van der Waals surface area contributed by atoms with Gasteiger partial charge in [-0.2, -0.15) is 21.7 Å². The Bertz CT molecular complexity index is 391. The Kier molecular flexibility index (Phi) is 3.61. The predicted molar refractivity (Wildman–Crippen MR) is 74.6 cm³/mol. The maximum Gasteiger partial charge on any atom is 0.223 e. The summed E-state index contributed by atoms with van der Waals surface area (Å²) in [4.78, 5) is 8.30. The molecule has 4 N–H and O–H groups in total. The number of hydrogen-bond acceptors (Lipinski definition) is 6. The zero-order chi connectivity index (χ0) is 12.3. The van der Waals surface area contributed by atoms with Crippen LogP contribution in [-0.2, 0) is 0 Å². The topological polar surface area (TPSA) is 75.9 Å². The Morgan fingerprint density at radius 2 is 2.00 bits per heavy atom. The van der Waals surface area contributed by atoms with Gasteiger partial charge in [-0.25, -0.2) is 0 Å². The highest BCUT2D eigenvalue weighted by atomic mass is 32.2. The molecule has 1 fully saturated rings. The molecule has 0 atom stereocenters. The lowest BCUT2D eigenvalue weighted by atomic mass is 10.4. The van der Waals surface area contributed by atoms with Gasteiger partial charge in [-0.15, -0.1) is 0 Å². The molecular weight excluding hydrogens is 234 g/mol. The van der Waals surface area contributed by atoms with Gasteiger partial charge >= 0.3 is 0 Å². The summed E-state index contributed by atoms with van der Waals surface area (Å²) in [6, 6.07) is 1.90. The highest BCUT2D eigenvalue weighted by molar-refractivity contribution is 8.00. The SMILES string of the molecule is CCNc1cc(NCC2(SC)CC2)nc(N)n1. The Morgan fingerprint density at radius 1 is 1.35 bits per heavy atom. The monoisotopic (exact) mass is 253 g/mol. The quantitative estimate of drug-likeness (QED) is 0.717. The third kappa shape index (κ3) is 3.15. The lowest BCUT2D eigenvalue weighted by Crippen LogP contribution is -2.18. The first kappa shape index (κ1) is 12.3. The minimum absolute atomic E-state index is 0.306. The van der Waals surface area contributed by atoms with Crippen LogP contribution in [-0.4, -0.2) is 34.1 Å². The first-order valence-electron chi connectivity index (χ1n) is 5.85. The molecule has 0 aromatic carbocycles. The third-order valence-corrected chi connectivity index (χ3v) is 4.35. The highest BCUT2D eigenvalue weighted by Gasteiger charge is 2.41. The van der Waals surface area contributed by atoms with Crippen molar-refractivity contribution in [2.24, 2.45) is 0 Å². The summed E-state index contributed by atoms with van der Waals surface area (Å²) in [5.41, 5.74) is 5.67. The van der Waals surface area contributed by atoms with Gasteiger partial charge in [-0.3, -0.25) is 0 Å². The molecule has 1 aromatic rings. The second-order valence-corrected chi connectivity index (χ2v) is 5.54. The van der Waals surface area contributed by atoms with Crippen LogP contribution in [0.15, 0.2) is 6.07 Å². The Labute approximate surface area is 106 Å². The normalized spacial score (nSPS) is 16.6. The number of thioether (sulfide) groups is 1. The number of nitrogens with one attached hydrogen (secondary N) is 2. The summed E-state index contributed by atoms with van der Waals surface area (Å²) >= 11 is 1.92. The maximum absolute atomic E-state index is 5.67. The number of nitrogens with zero attached hydrogens (tertiary/aromatic N) is 2. The second kappa shape index (κ2) is 5.00. The molecule has 0 aliphatic heterocycles. The maximum atomic E-state index is 5.67. The van der Waals surface area contributed by atoms with E-state index in [9.17, 15) is 0 Å². The molecule has 0 amide bonds. The Morgan fingerprint density at radius 3 is 2.53 bits per heavy atom. The fourth-order valence-electron chi connectivity index (χ4n) is 1.67. The van der Waals surface area contributed by atoms with Gasteiger partial charge in [0.15, 0.2) is 0 Å². The van der Waals surface area contributed by atoms with E-state index in [0.29, 0.717) is 10.7 Å². The van der Waals surface area contributed by atoms with E-state index in [2.05, 4.69) is 26.9 Å². The van der Waals surface area contributed by atoms with Crippen LogP contribution in [0.1, 0.15) is 19.8 Å².